The minimum Gasteiger partial charge on any atom is -0.497 e. The minimum atomic E-state index is -0.307. The molecule has 1 amide bonds. The number of carbonyl (C=O) groups is 2. The predicted molar refractivity (Wildman–Crippen MR) is 105 cm³/mol. The summed E-state index contributed by atoms with van der Waals surface area (Å²) < 4.78 is 5.88. The van der Waals surface area contributed by atoms with Crippen LogP contribution in [0.4, 0.5) is 0 Å². The number of thioether (sulfide) groups is 2. The summed E-state index contributed by atoms with van der Waals surface area (Å²) in [5, 5.41) is 2.78. The van der Waals surface area contributed by atoms with Gasteiger partial charge in [-0.05, 0) is 48.9 Å². The summed E-state index contributed by atoms with van der Waals surface area (Å²) in [5.74, 6) is 0.133. The number of allylic oxidation sites excluding steroid dienone is 1. The van der Waals surface area contributed by atoms with Crippen LogP contribution in [0.5, 0.6) is 5.75 Å². The summed E-state index contributed by atoms with van der Waals surface area (Å²) in [5.41, 5.74) is 1.29. The Hall–Kier alpha value is -2.18. The van der Waals surface area contributed by atoms with Crippen LogP contribution in [0.3, 0.4) is 0 Å². The lowest BCUT2D eigenvalue weighted by Gasteiger charge is -2.13. The number of ether oxygens (including phenoxy) is 1. The maximum atomic E-state index is 12.9. The van der Waals surface area contributed by atoms with Gasteiger partial charge in [0.25, 0.3) is 5.91 Å². The van der Waals surface area contributed by atoms with E-state index in [1.54, 1.807) is 55.6 Å². The molecule has 130 valence electrons. The predicted octanol–water partition coefficient (Wildman–Crippen LogP) is 4.20. The molecule has 0 saturated carbocycles. The van der Waals surface area contributed by atoms with Crippen molar-refractivity contribution < 1.29 is 14.3 Å². The molecule has 0 aliphatic heterocycles. The third-order valence-corrected chi connectivity index (χ3v) is 5.58. The molecule has 0 aliphatic carbocycles. The molecule has 0 aliphatic rings. The van der Waals surface area contributed by atoms with E-state index in [4.69, 9.17) is 4.74 Å². The number of benzene rings is 2. The fraction of sp³-hybridized carbons (Fsp3) is 0.158. The van der Waals surface area contributed by atoms with Crippen LogP contribution in [0.2, 0.25) is 0 Å². The van der Waals surface area contributed by atoms with Crippen LogP contribution in [0.25, 0.3) is 0 Å². The van der Waals surface area contributed by atoms with Crippen LogP contribution >= 0.6 is 23.5 Å². The maximum absolute atomic E-state index is 12.9. The second kappa shape index (κ2) is 9.34. The van der Waals surface area contributed by atoms with Crippen molar-refractivity contribution in [3.8, 4) is 5.75 Å². The minimum absolute atomic E-state index is 0.231. The molecular weight excluding hydrogens is 354 g/mol. The van der Waals surface area contributed by atoms with Crippen molar-refractivity contribution in [2.45, 2.75) is 0 Å². The number of rotatable bonds is 7. The van der Waals surface area contributed by atoms with Gasteiger partial charge in [0.2, 0.25) is 5.78 Å². The van der Waals surface area contributed by atoms with Gasteiger partial charge in [-0.1, -0.05) is 18.2 Å². The summed E-state index contributed by atoms with van der Waals surface area (Å²) >= 11 is 2.86. The average Bonchev–Trinajstić information content (AvgIpc) is 2.68. The molecule has 0 saturated heterocycles. The van der Waals surface area contributed by atoms with Crippen molar-refractivity contribution >= 4 is 35.2 Å². The van der Waals surface area contributed by atoms with Gasteiger partial charge < -0.3 is 10.1 Å². The second-order valence-electron chi connectivity index (χ2n) is 4.95. The van der Waals surface area contributed by atoms with Gasteiger partial charge in [0.15, 0.2) is 0 Å². The van der Waals surface area contributed by atoms with Crippen LogP contribution in [-0.2, 0) is 0 Å². The Morgan fingerprint density at radius 2 is 1.48 bits per heavy atom. The largest absolute Gasteiger partial charge is 0.497 e. The van der Waals surface area contributed by atoms with Crippen molar-refractivity contribution in [2.24, 2.45) is 0 Å². The summed E-state index contributed by atoms with van der Waals surface area (Å²) in [4.78, 5) is 25.4. The maximum Gasteiger partial charge on any atom is 0.255 e. The van der Waals surface area contributed by atoms with E-state index < -0.39 is 0 Å². The monoisotopic (exact) mass is 373 g/mol. The molecule has 2 rings (SSSR count). The van der Waals surface area contributed by atoms with Crippen molar-refractivity contribution in [3.05, 3.63) is 75.7 Å². The molecule has 0 aromatic heterocycles. The summed E-state index contributed by atoms with van der Waals surface area (Å²) in [6.07, 6.45) is 3.75. The first kappa shape index (κ1) is 19.1. The molecular formula is C19H19NO3S2. The van der Waals surface area contributed by atoms with E-state index in [2.05, 4.69) is 5.32 Å². The number of methoxy groups -OCH3 is 1. The molecule has 0 unspecified atom stereocenters. The molecule has 0 spiro atoms. The average molecular weight is 373 g/mol. The van der Waals surface area contributed by atoms with Gasteiger partial charge in [-0.25, -0.2) is 0 Å². The SMILES string of the molecule is COc1ccc(C(=O)C(NC(=O)c2ccccc2)=C(SC)SC)cc1. The zero-order valence-corrected chi connectivity index (χ0v) is 15.9. The van der Waals surface area contributed by atoms with E-state index in [1.165, 1.54) is 23.5 Å². The van der Waals surface area contributed by atoms with Crippen LogP contribution in [0, 0.1) is 0 Å². The van der Waals surface area contributed by atoms with Gasteiger partial charge in [0.05, 0.1) is 11.3 Å². The summed E-state index contributed by atoms with van der Waals surface area (Å²) in [6.45, 7) is 0. The highest BCUT2D eigenvalue weighted by Crippen LogP contribution is 2.28. The molecule has 2 aromatic rings. The van der Waals surface area contributed by atoms with Crippen LogP contribution in [0.1, 0.15) is 20.7 Å². The number of nitrogens with one attached hydrogen (secondary N) is 1. The third-order valence-electron chi connectivity index (χ3n) is 3.43. The normalized spacial score (nSPS) is 10.0. The molecule has 0 radical (unpaired) electrons. The first-order valence-corrected chi connectivity index (χ1v) is 9.93. The van der Waals surface area contributed by atoms with E-state index in [1.807, 2.05) is 18.6 Å². The summed E-state index contributed by atoms with van der Waals surface area (Å²) in [6, 6.07) is 15.7. The Labute approximate surface area is 156 Å². The molecule has 1 N–H and O–H groups in total. The smallest absolute Gasteiger partial charge is 0.255 e. The van der Waals surface area contributed by atoms with E-state index >= 15 is 0 Å². The van der Waals surface area contributed by atoms with E-state index in [-0.39, 0.29) is 11.7 Å². The van der Waals surface area contributed by atoms with Crippen LogP contribution in [0.15, 0.2) is 64.5 Å². The molecule has 2 aromatic carbocycles. The zero-order chi connectivity index (χ0) is 18.2. The highest BCUT2D eigenvalue weighted by molar-refractivity contribution is 8.21. The number of carbonyl (C=O) groups excluding carboxylic acids is 2. The standard InChI is InChI=1S/C19H19NO3S2/c1-23-15-11-9-13(10-12-15)17(21)16(19(24-2)25-3)20-18(22)14-7-5-4-6-8-14/h4-12H,1-3H3,(H,20,22). The number of hydrogen-bond donors (Lipinski definition) is 1. The Balaban J connectivity index is 2.34. The summed E-state index contributed by atoms with van der Waals surface area (Å²) in [7, 11) is 1.57. The molecule has 0 atom stereocenters. The quantitative estimate of drug-likeness (QED) is 0.582. The fourth-order valence-electron chi connectivity index (χ4n) is 2.15. The first-order chi connectivity index (χ1) is 12.1. The van der Waals surface area contributed by atoms with Gasteiger partial charge in [0, 0.05) is 11.1 Å². The highest BCUT2D eigenvalue weighted by atomic mass is 32.2. The lowest BCUT2D eigenvalue weighted by atomic mass is 10.1. The van der Waals surface area contributed by atoms with E-state index in [0.717, 1.165) is 4.24 Å². The number of amides is 1. The van der Waals surface area contributed by atoms with E-state index in [0.29, 0.717) is 22.6 Å². The zero-order valence-electron chi connectivity index (χ0n) is 14.2. The van der Waals surface area contributed by atoms with Crippen molar-refractivity contribution in [3.63, 3.8) is 0 Å². The van der Waals surface area contributed by atoms with Crippen molar-refractivity contribution in [1.29, 1.82) is 0 Å². The van der Waals surface area contributed by atoms with Gasteiger partial charge in [0.1, 0.15) is 11.4 Å². The van der Waals surface area contributed by atoms with Gasteiger partial charge in [-0.2, -0.15) is 0 Å². The molecule has 0 heterocycles. The topological polar surface area (TPSA) is 55.4 Å². The fourth-order valence-corrected chi connectivity index (χ4v) is 3.51. The number of ketones is 1. The van der Waals surface area contributed by atoms with Crippen LogP contribution < -0.4 is 10.1 Å². The van der Waals surface area contributed by atoms with E-state index in [9.17, 15) is 9.59 Å². The molecule has 25 heavy (non-hydrogen) atoms. The molecule has 0 fully saturated rings. The lowest BCUT2D eigenvalue weighted by Crippen LogP contribution is -2.28. The lowest BCUT2D eigenvalue weighted by molar-refractivity contribution is 0.0933. The number of Topliss-reactive ketones (excluding diaryl/α,β-unsaturated/α-hetero) is 1. The Morgan fingerprint density at radius 3 is 2.00 bits per heavy atom. The second-order valence-corrected chi connectivity index (χ2v) is 6.84. The van der Waals surface area contributed by atoms with Crippen LogP contribution in [-0.4, -0.2) is 31.3 Å². The number of hydrogen-bond acceptors (Lipinski definition) is 5. The van der Waals surface area contributed by atoms with Crippen molar-refractivity contribution in [1.82, 2.24) is 5.32 Å². The van der Waals surface area contributed by atoms with Gasteiger partial charge in [-0.3, -0.25) is 9.59 Å². The van der Waals surface area contributed by atoms with Gasteiger partial charge in [-0.15, -0.1) is 23.5 Å². The van der Waals surface area contributed by atoms with Crippen molar-refractivity contribution in [2.75, 3.05) is 19.6 Å². The first-order valence-electron chi connectivity index (χ1n) is 7.48. The Morgan fingerprint density at radius 1 is 0.880 bits per heavy atom. The Kier molecular flexibility index (Phi) is 7.16. The molecule has 6 heteroatoms. The molecule has 4 nitrogen and oxygen atoms in total. The Bertz CT molecular complexity index is 765. The third kappa shape index (κ3) is 4.90. The highest BCUT2D eigenvalue weighted by Gasteiger charge is 2.20. The van der Waals surface area contributed by atoms with Gasteiger partial charge >= 0.3 is 0 Å². The molecule has 0 bridgehead atoms.